The Balaban J connectivity index is 0.961. The van der Waals surface area contributed by atoms with Gasteiger partial charge in [-0.15, -0.1) is 0 Å². The van der Waals surface area contributed by atoms with Crippen molar-refractivity contribution >= 4 is 89.5 Å². The summed E-state index contributed by atoms with van der Waals surface area (Å²) >= 11 is 0. The standard InChI is InChI=1S/C113H121BN4/c1-20-21-22-23-28-37-74-58-105-107-106(59-74)118(73-96-89(79-42-33-26-34-43-79)68-86(113(17,18)19)69-90(96)80-44-35-27-36-45-80)104-61-76(71-116-101-56-50-83(110(8,9)10)64-93(101)94-65-84(111(11,12)13)51-57-102(94)116)47-53-98(104)114(107)97-52-46-75(70-115-99-54-48-81(108(2,3)4)62-91(99)92-63-82(109(5,6)7)49-55-100(92)115)60-103(97)117(105)72-95-87(77-38-29-24-30-39-77)66-85(112(14,15)16)67-88(95)78-40-31-25-32-41-78/h24-27,29-36,38-69H,20-23,28,37,70-73H2,1-19H3. The summed E-state index contributed by atoms with van der Waals surface area (Å²) in [5.74, 6) is 0. The van der Waals surface area contributed by atoms with Gasteiger partial charge in [-0.2, -0.15) is 0 Å². The van der Waals surface area contributed by atoms with Crippen LogP contribution in [0, 0.1) is 0 Å². The third-order valence-electron chi connectivity index (χ3n) is 26.1. The van der Waals surface area contributed by atoms with Crippen LogP contribution in [0.1, 0.15) is 225 Å². The smallest absolute Gasteiger partial charge is 0.252 e. The van der Waals surface area contributed by atoms with E-state index in [1.807, 2.05) is 0 Å². The number of aryl methyl sites for hydroxylation is 1. The molecule has 118 heavy (non-hydrogen) atoms. The summed E-state index contributed by atoms with van der Waals surface area (Å²) in [4.78, 5) is 5.66. The van der Waals surface area contributed by atoms with Crippen LogP contribution in [0.3, 0.4) is 0 Å². The van der Waals surface area contributed by atoms with E-state index < -0.39 is 0 Å². The van der Waals surface area contributed by atoms with E-state index in [4.69, 9.17) is 0 Å². The number of unbranched alkanes of at least 4 members (excludes halogenated alkanes) is 4. The van der Waals surface area contributed by atoms with Crippen molar-refractivity contribution in [2.75, 3.05) is 9.80 Å². The second kappa shape index (κ2) is 30.5. The Morgan fingerprint density at radius 2 is 0.542 bits per heavy atom. The zero-order valence-corrected chi connectivity index (χ0v) is 73.8. The Kier molecular flexibility index (Phi) is 20.6. The van der Waals surface area contributed by atoms with Crippen molar-refractivity contribution in [1.82, 2.24) is 9.13 Å². The number of aromatic nitrogens is 2. The lowest BCUT2D eigenvalue weighted by atomic mass is 9.33. The van der Waals surface area contributed by atoms with Crippen molar-refractivity contribution in [3.8, 4) is 44.5 Å². The van der Waals surface area contributed by atoms with E-state index in [1.54, 1.807) is 0 Å². The largest absolute Gasteiger partial charge is 0.338 e. The second-order valence-electron chi connectivity index (χ2n) is 40.8. The predicted molar refractivity (Wildman–Crippen MR) is 512 cm³/mol. The summed E-state index contributed by atoms with van der Waals surface area (Å²) < 4.78 is 5.27. The molecule has 0 atom stereocenters. The van der Waals surface area contributed by atoms with E-state index in [1.165, 1.54) is 214 Å². The SMILES string of the molecule is CCCCCCCc1cc2c3c(c1)N(Cc1c(-c4ccccc4)cc(C(C)(C)C)cc1-c1ccccc1)c1cc(Cn4c5ccc(C(C)(C)C)cc5c5cc(C(C)(C)C)ccc54)ccc1B3c1ccc(Cn3c4ccc(C(C)(C)C)cc4c4cc(C(C)(C)C)ccc43)cc1N2Cc1c(-c2ccccc2)cc(C(C)(C)C)cc1-c1ccccc1. The van der Waals surface area contributed by atoms with E-state index in [0.717, 1.165) is 12.8 Å². The van der Waals surface area contributed by atoms with Gasteiger partial charge in [-0.25, -0.2) is 0 Å². The van der Waals surface area contributed by atoms with Gasteiger partial charge in [0.25, 0.3) is 6.71 Å². The average Bonchev–Trinajstić information content (AvgIpc) is 0.831. The van der Waals surface area contributed by atoms with Gasteiger partial charge in [-0.3, -0.25) is 0 Å². The van der Waals surface area contributed by atoms with Gasteiger partial charge in [0.15, 0.2) is 0 Å². The summed E-state index contributed by atoms with van der Waals surface area (Å²) in [6.45, 7) is 47.3. The van der Waals surface area contributed by atoms with E-state index in [9.17, 15) is 0 Å². The highest BCUT2D eigenvalue weighted by Gasteiger charge is 2.44. The maximum Gasteiger partial charge on any atom is 0.252 e. The Bertz CT molecular complexity index is 5670. The lowest BCUT2D eigenvalue weighted by Gasteiger charge is -2.45. The molecule has 0 spiro atoms. The lowest BCUT2D eigenvalue weighted by Crippen LogP contribution is -2.62. The molecule has 15 aromatic rings. The van der Waals surface area contributed by atoms with Gasteiger partial charge in [0.1, 0.15) is 0 Å². The van der Waals surface area contributed by atoms with Gasteiger partial charge in [0.2, 0.25) is 0 Å². The highest BCUT2D eigenvalue weighted by Crippen LogP contribution is 2.49. The lowest BCUT2D eigenvalue weighted by molar-refractivity contribution is 0.590. The number of rotatable bonds is 18. The van der Waals surface area contributed by atoms with Crippen LogP contribution in [0.25, 0.3) is 88.1 Å². The highest BCUT2D eigenvalue weighted by molar-refractivity contribution is 7.00. The zero-order chi connectivity index (χ0) is 82.7. The van der Waals surface area contributed by atoms with E-state index in [2.05, 4.69) is 417 Å². The number of benzene rings is 13. The molecule has 0 N–H and O–H groups in total. The Morgan fingerprint density at radius 3 is 0.831 bits per heavy atom. The van der Waals surface area contributed by atoms with E-state index in [-0.39, 0.29) is 39.2 Å². The topological polar surface area (TPSA) is 16.3 Å². The monoisotopic (exact) mass is 1540 g/mol. The Hall–Kier alpha value is -10.9. The molecule has 0 saturated heterocycles. The zero-order valence-electron chi connectivity index (χ0n) is 73.8. The van der Waals surface area contributed by atoms with Crippen molar-refractivity contribution < 1.29 is 0 Å². The number of anilines is 4. The molecule has 4 heterocycles. The number of hydrogen-bond donors (Lipinski definition) is 0. The van der Waals surface area contributed by atoms with Crippen LogP contribution < -0.4 is 26.2 Å². The molecule has 0 radical (unpaired) electrons. The molecular formula is C113H121BN4. The summed E-state index contributed by atoms with van der Waals surface area (Å²) in [5.41, 5.74) is 38.5. The van der Waals surface area contributed by atoms with Gasteiger partial charge in [-0.1, -0.05) is 351 Å². The van der Waals surface area contributed by atoms with Crippen molar-refractivity contribution in [1.29, 1.82) is 0 Å². The van der Waals surface area contributed by atoms with Gasteiger partial charge in [0.05, 0.1) is 0 Å². The Morgan fingerprint density at radius 1 is 0.254 bits per heavy atom. The first-order chi connectivity index (χ1) is 56.2. The maximum absolute atomic E-state index is 2.83. The average molecular weight is 1550 g/mol. The normalized spacial score (nSPS) is 13.3. The van der Waals surface area contributed by atoms with E-state index >= 15 is 0 Å². The van der Waals surface area contributed by atoms with Crippen molar-refractivity contribution in [2.24, 2.45) is 0 Å². The van der Waals surface area contributed by atoms with Gasteiger partial charge in [-0.05, 0) is 240 Å². The fourth-order valence-corrected chi connectivity index (χ4v) is 19.1. The van der Waals surface area contributed by atoms with Crippen LogP contribution >= 0.6 is 0 Å². The van der Waals surface area contributed by atoms with Crippen LogP contribution in [-0.2, 0) is 65.1 Å². The molecule has 13 aromatic carbocycles. The van der Waals surface area contributed by atoms with Crippen LogP contribution in [0.4, 0.5) is 22.7 Å². The molecule has 0 unspecified atom stereocenters. The summed E-state index contributed by atoms with van der Waals surface area (Å²) in [5, 5.41) is 5.28. The molecule has 596 valence electrons. The first kappa shape index (κ1) is 79.6. The summed E-state index contributed by atoms with van der Waals surface area (Å²) in [7, 11) is 0. The van der Waals surface area contributed by atoms with Crippen LogP contribution in [-0.4, -0.2) is 15.8 Å². The summed E-state index contributed by atoms with van der Waals surface area (Å²) in [6.07, 6.45) is 6.94. The quantitative estimate of drug-likeness (QED) is 0.0629. The van der Waals surface area contributed by atoms with Gasteiger partial charge >= 0.3 is 0 Å². The summed E-state index contributed by atoms with van der Waals surface area (Å²) in [6, 6.07) is 106. The first-order valence-corrected chi connectivity index (χ1v) is 43.9. The van der Waals surface area contributed by atoms with Crippen molar-refractivity contribution in [3.05, 3.63) is 328 Å². The molecule has 17 rings (SSSR count). The molecule has 0 amide bonds. The third kappa shape index (κ3) is 15.2. The fraction of sp³-hybridized carbons (Fsp3) is 0.310. The van der Waals surface area contributed by atoms with Gasteiger partial charge in [0, 0.05) is 92.5 Å². The molecule has 2 aliphatic rings. The molecule has 0 fully saturated rings. The molecule has 0 saturated carbocycles. The second-order valence-corrected chi connectivity index (χ2v) is 40.8. The van der Waals surface area contributed by atoms with Crippen LogP contribution in [0.15, 0.2) is 267 Å². The Labute approximate surface area is 705 Å². The minimum atomic E-state index is -0.133. The molecule has 2 aliphatic heterocycles. The van der Waals surface area contributed by atoms with E-state index in [0.29, 0.717) is 26.2 Å². The fourth-order valence-electron chi connectivity index (χ4n) is 19.1. The highest BCUT2D eigenvalue weighted by atomic mass is 15.2. The maximum atomic E-state index is 2.83. The van der Waals surface area contributed by atoms with Crippen LogP contribution in [0.2, 0.25) is 0 Å². The number of nitrogens with zero attached hydrogens (tertiary/aromatic N) is 4. The third-order valence-corrected chi connectivity index (χ3v) is 26.1. The molecule has 2 aromatic heterocycles. The molecule has 0 aliphatic carbocycles. The van der Waals surface area contributed by atoms with Crippen LogP contribution in [0.5, 0.6) is 0 Å². The molecule has 0 bridgehead atoms. The first-order valence-electron chi connectivity index (χ1n) is 43.9. The minimum absolute atomic E-state index is 0.0186. The number of hydrogen-bond acceptors (Lipinski definition) is 2. The van der Waals surface area contributed by atoms with Crippen molar-refractivity contribution in [3.63, 3.8) is 0 Å². The minimum Gasteiger partial charge on any atom is -0.338 e. The molecular weight excluding hydrogens is 1420 g/mol. The van der Waals surface area contributed by atoms with Gasteiger partial charge < -0.3 is 18.9 Å². The number of fused-ring (bicyclic) bond motifs is 10. The van der Waals surface area contributed by atoms with Crippen molar-refractivity contribution in [2.45, 2.75) is 229 Å². The predicted octanol–water partition coefficient (Wildman–Crippen LogP) is 28.8. The molecule has 5 heteroatoms. The molecule has 4 nitrogen and oxygen atoms in total.